The Balaban J connectivity index is 1.66. The van der Waals surface area contributed by atoms with E-state index in [2.05, 4.69) is 20.1 Å². The molecule has 0 radical (unpaired) electrons. The second kappa shape index (κ2) is 5.06. The summed E-state index contributed by atoms with van der Waals surface area (Å²) in [7, 11) is 0. The summed E-state index contributed by atoms with van der Waals surface area (Å²) in [6.07, 6.45) is 0. The number of benzene rings is 1. The molecule has 2 aromatic rings. The van der Waals surface area contributed by atoms with E-state index in [9.17, 15) is 9.90 Å². The molecule has 0 saturated carbocycles. The number of aromatic amines is 1. The average Bonchev–Trinajstić information content (AvgIpc) is 3.11. The molecule has 3 heterocycles. The number of nitrogens with zero attached hydrogens (tertiary/aromatic N) is 3. The zero-order valence-corrected chi connectivity index (χ0v) is 12.8. The lowest BCUT2D eigenvalue weighted by molar-refractivity contribution is -0.151. The number of aliphatic carboxylic acids is 1. The molecule has 7 nitrogen and oxygen atoms in total. The van der Waals surface area contributed by atoms with Gasteiger partial charge >= 0.3 is 5.97 Å². The van der Waals surface area contributed by atoms with Crippen molar-refractivity contribution in [3.05, 3.63) is 41.5 Å². The minimum atomic E-state index is -0.903. The van der Waals surface area contributed by atoms with Crippen molar-refractivity contribution in [2.24, 2.45) is 5.41 Å². The number of H-pyrrole nitrogens is 1. The maximum atomic E-state index is 12.0. The van der Waals surface area contributed by atoms with E-state index in [-0.39, 0.29) is 12.5 Å². The number of ether oxygens (including phenoxy) is 1. The standard InChI is InChI=1S/C16H18N4O3/c1-10-17-14(19-18-10)7-20-6-12-11-4-2-3-5-13(11)23-9-16(12,8-20)15(21)22/h2-5,12H,6-9H2,1H3,(H,21,22)(H,17,18,19)/t12-,16-/m1/s1. The first-order valence-electron chi connectivity index (χ1n) is 7.64. The van der Waals surface area contributed by atoms with Gasteiger partial charge in [-0.3, -0.25) is 14.8 Å². The van der Waals surface area contributed by atoms with Crippen molar-refractivity contribution in [2.45, 2.75) is 19.4 Å². The zero-order valence-electron chi connectivity index (χ0n) is 12.8. The summed E-state index contributed by atoms with van der Waals surface area (Å²) in [5.41, 5.74) is 0.0782. The second-order valence-electron chi connectivity index (χ2n) is 6.35. The topological polar surface area (TPSA) is 91.3 Å². The molecule has 2 aliphatic rings. The molecule has 0 spiro atoms. The highest BCUT2D eigenvalue weighted by Gasteiger charge is 2.56. The highest BCUT2D eigenvalue weighted by atomic mass is 16.5. The summed E-state index contributed by atoms with van der Waals surface area (Å²) >= 11 is 0. The van der Waals surface area contributed by atoms with Crippen molar-refractivity contribution in [1.82, 2.24) is 20.1 Å². The van der Waals surface area contributed by atoms with E-state index in [1.807, 2.05) is 31.2 Å². The SMILES string of the molecule is Cc1nc(CN2C[C@@H]3c4ccccc4OC[C@]3(C(=O)O)C2)n[nH]1. The zero-order chi connectivity index (χ0) is 16.0. The van der Waals surface area contributed by atoms with E-state index in [4.69, 9.17) is 4.74 Å². The molecule has 23 heavy (non-hydrogen) atoms. The van der Waals surface area contributed by atoms with Crippen molar-refractivity contribution in [3.63, 3.8) is 0 Å². The lowest BCUT2D eigenvalue weighted by Gasteiger charge is -2.35. The summed E-state index contributed by atoms with van der Waals surface area (Å²) in [6, 6.07) is 7.72. The minimum absolute atomic E-state index is 0.0787. The fourth-order valence-corrected chi connectivity index (χ4v) is 3.71. The number of aryl methyl sites for hydroxylation is 1. The highest BCUT2D eigenvalue weighted by molar-refractivity contribution is 5.78. The third-order valence-electron chi connectivity index (χ3n) is 4.83. The number of fused-ring (bicyclic) bond motifs is 3. The third-order valence-corrected chi connectivity index (χ3v) is 4.83. The summed E-state index contributed by atoms with van der Waals surface area (Å²) in [5, 5.41) is 16.8. The molecule has 2 aliphatic heterocycles. The predicted octanol–water partition coefficient (Wildman–Crippen LogP) is 1.18. The van der Waals surface area contributed by atoms with Crippen LogP contribution in [0.25, 0.3) is 0 Å². The van der Waals surface area contributed by atoms with Crippen LogP contribution < -0.4 is 4.74 Å². The predicted molar refractivity (Wildman–Crippen MR) is 81.1 cm³/mol. The van der Waals surface area contributed by atoms with Crippen LogP contribution in [0.15, 0.2) is 24.3 Å². The van der Waals surface area contributed by atoms with Gasteiger partial charge in [0.15, 0.2) is 5.82 Å². The van der Waals surface area contributed by atoms with Crippen LogP contribution >= 0.6 is 0 Å². The normalized spacial score (nSPS) is 26.4. The van der Waals surface area contributed by atoms with Gasteiger partial charge < -0.3 is 9.84 Å². The van der Waals surface area contributed by atoms with Crippen LogP contribution in [0.3, 0.4) is 0 Å². The third kappa shape index (κ3) is 2.19. The summed E-state index contributed by atoms with van der Waals surface area (Å²) in [4.78, 5) is 18.4. The monoisotopic (exact) mass is 314 g/mol. The van der Waals surface area contributed by atoms with Gasteiger partial charge in [-0.05, 0) is 18.6 Å². The van der Waals surface area contributed by atoms with Crippen molar-refractivity contribution in [2.75, 3.05) is 19.7 Å². The molecule has 0 unspecified atom stereocenters. The molecule has 120 valence electrons. The molecule has 0 amide bonds. The molecule has 2 N–H and O–H groups in total. The molecule has 0 bridgehead atoms. The van der Waals surface area contributed by atoms with Crippen LogP contribution in [0.5, 0.6) is 5.75 Å². The Morgan fingerprint density at radius 3 is 3.09 bits per heavy atom. The smallest absolute Gasteiger partial charge is 0.315 e. The number of carboxylic acid groups (broad SMARTS) is 1. The van der Waals surface area contributed by atoms with Gasteiger partial charge in [0.05, 0.1) is 6.54 Å². The van der Waals surface area contributed by atoms with Crippen molar-refractivity contribution in [1.29, 1.82) is 0 Å². The number of hydrogen-bond acceptors (Lipinski definition) is 5. The maximum absolute atomic E-state index is 12.0. The molecule has 4 rings (SSSR count). The molecule has 0 aliphatic carbocycles. The first-order valence-corrected chi connectivity index (χ1v) is 7.64. The average molecular weight is 314 g/mol. The summed E-state index contributed by atoms with van der Waals surface area (Å²) < 4.78 is 5.76. The van der Waals surface area contributed by atoms with Crippen molar-refractivity contribution < 1.29 is 14.6 Å². The van der Waals surface area contributed by atoms with Gasteiger partial charge in [-0.2, -0.15) is 5.10 Å². The Hall–Kier alpha value is -2.41. The number of likely N-dealkylation sites (tertiary alicyclic amines) is 1. The molecular weight excluding hydrogens is 296 g/mol. The van der Waals surface area contributed by atoms with E-state index < -0.39 is 11.4 Å². The number of rotatable bonds is 3. The molecule has 7 heteroatoms. The van der Waals surface area contributed by atoms with Gasteiger partial charge in [0.2, 0.25) is 0 Å². The second-order valence-corrected chi connectivity index (χ2v) is 6.35. The number of hydrogen-bond donors (Lipinski definition) is 2. The van der Waals surface area contributed by atoms with Gasteiger partial charge in [0, 0.05) is 19.0 Å². The maximum Gasteiger partial charge on any atom is 0.315 e. The van der Waals surface area contributed by atoms with E-state index in [1.165, 1.54) is 0 Å². The number of nitrogens with one attached hydrogen (secondary N) is 1. The van der Waals surface area contributed by atoms with Crippen LogP contribution in [-0.2, 0) is 11.3 Å². The minimum Gasteiger partial charge on any atom is -0.492 e. The first kappa shape index (κ1) is 14.2. The van der Waals surface area contributed by atoms with Gasteiger partial charge in [0.25, 0.3) is 0 Å². The van der Waals surface area contributed by atoms with Gasteiger partial charge in [0.1, 0.15) is 23.6 Å². The van der Waals surface area contributed by atoms with E-state index in [0.717, 1.165) is 17.1 Å². The van der Waals surface area contributed by atoms with E-state index in [0.29, 0.717) is 25.5 Å². The van der Waals surface area contributed by atoms with Crippen LogP contribution in [-0.4, -0.2) is 50.9 Å². The number of carboxylic acids is 1. The van der Waals surface area contributed by atoms with Gasteiger partial charge in [-0.15, -0.1) is 0 Å². The van der Waals surface area contributed by atoms with Crippen LogP contribution in [0.4, 0.5) is 0 Å². The molecule has 1 aromatic carbocycles. The first-order chi connectivity index (χ1) is 11.1. The number of para-hydroxylation sites is 1. The van der Waals surface area contributed by atoms with Crippen LogP contribution in [0, 0.1) is 12.3 Å². The van der Waals surface area contributed by atoms with Crippen molar-refractivity contribution in [3.8, 4) is 5.75 Å². The quantitative estimate of drug-likeness (QED) is 0.884. The highest BCUT2D eigenvalue weighted by Crippen LogP contribution is 2.49. The van der Waals surface area contributed by atoms with Gasteiger partial charge in [-0.1, -0.05) is 18.2 Å². The Kier molecular flexibility index (Phi) is 3.12. The molecule has 1 aromatic heterocycles. The fourth-order valence-electron chi connectivity index (χ4n) is 3.71. The van der Waals surface area contributed by atoms with E-state index in [1.54, 1.807) is 0 Å². The Labute approximate surface area is 133 Å². The molecular formula is C16H18N4O3. The Morgan fingerprint density at radius 1 is 1.52 bits per heavy atom. The van der Waals surface area contributed by atoms with Crippen molar-refractivity contribution >= 4 is 5.97 Å². The van der Waals surface area contributed by atoms with Crippen LogP contribution in [0.1, 0.15) is 23.1 Å². The van der Waals surface area contributed by atoms with Gasteiger partial charge in [-0.25, -0.2) is 4.98 Å². The lowest BCUT2D eigenvalue weighted by Crippen LogP contribution is -2.45. The Bertz CT molecular complexity index is 759. The largest absolute Gasteiger partial charge is 0.492 e. The summed E-state index contributed by atoms with van der Waals surface area (Å²) in [5.74, 6) is 1.37. The summed E-state index contributed by atoms with van der Waals surface area (Å²) in [6.45, 7) is 3.70. The lowest BCUT2D eigenvalue weighted by atomic mass is 9.73. The molecule has 1 saturated heterocycles. The Morgan fingerprint density at radius 2 is 2.35 bits per heavy atom. The van der Waals surface area contributed by atoms with E-state index >= 15 is 0 Å². The fraction of sp³-hybridized carbons (Fsp3) is 0.438. The number of aromatic nitrogens is 3. The number of carbonyl (C=O) groups is 1. The van der Waals surface area contributed by atoms with Crippen LogP contribution in [0.2, 0.25) is 0 Å². The molecule has 2 atom stereocenters. The molecule has 1 fully saturated rings.